The van der Waals surface area contributed by atoms with Gasteiger partial charge in [0, 0.05) is 44.5 Å². The Morgan fingerprint density at radius 1 is 1.13 bits per heavy atom. The van der Waals surface area contributed by atoms with E-state index in [0.717, 1.165) is 0 Å². The minimum absolute atomic E-state index is 0.0982. The van der Waals surface area contributed by atoms with Gasteiger partial charge in [0.15, 0.2) is 5.76 Å². The number of benzene rings is 1. The van der Waals surface area contributed by atoms with E-state index in [4.69, 9.17) is 4.52 Å². The van der Waals surface area contributed by atoms with Crippen LogP contribution in [0.1, 0.15) is 28.2 Å². The third-order valence-corrected chi connectivity index (χ3v) is 7.46. The summed E-state index contributed by atoms with van der Waals surface area (Å²) in [5.74, 6) is -0.165. The maximum Gasteiger partial charge on any atom is 0.253 e. The summed E-state index contributed by atoms with van der Waals surface area (Å²) in [6.45, 7) is 7.86. The van der Waals surface area contributed by atoms with Crippen molar-refractivity contribution in [3.8, 4) is 0 Å². The predicted molar refractivity (Wildman–Crippen MR) is 115 cm³/mol. The van der Waals surface area contributed by atoms with Gasteiger partial charge in [-0.1, -0.05) is 11.7 Å². The molecule has 9 nitrogen and oxygen atoms in total. The van der Waals surface area contributed by atoms with Gasteiger partial charge in [0.1, 0.15) is 10.6 Å². The van der Waals surface area contributed by atoms with Crippen molar-refractivity contribution in [1.29, 1.82) is 0 Å². The van der Waals surface area contributed by atoms with Crippen LogP contribution in [-0.4, -0.2) is 67.8 Å². The van der Waals surface area contributed by atoms with Crippen LogP contribution in [0.2, 0.25) is 0 Å². The molecule has 2 heterocycles. The van der Waals surface area contributed by atoms with Crippen molar-refractivity contribution in [1.82, 2.24) is 14.4 Å². The lowest BCUT2D eigenvalue weighted by molar-refractivity contribution is -0.113. The Morgan fingerprint density at radius 2 is 1.81 bits per heavy atom. The largest absolute Gasteiger partial charge is 0.360 e. The van der Waals surface area contributed by atoms with E-state index >= 15 is 0 Å². The van der Waals surface area contributed by atoms with Gasteiger partial charge < -0.3 is 14.3 Å². The van der Waals surface area contributed by atoms with Crippen LogP contribution >= 0.6 is 0 Å². The lowest BCUT2D eigenvalue weighted by atomic mass is 10.1. The van der Waals surface area contributed by atoms with Crippen LogP contribution in [0, 0.1) is 13.8 Å². The fourth-order valence-corrected chi connectivity index (χ4v) is 5.34. The third kappa shape index (κ3) is 4.54. The molecule has 0 bridgehead atoms. The zero-order chi connectivity index (χ0) is 22.8. The first-order valence-corrected chi connectivity index (χ1v) is 11.3. The Morgan fingerprint density at radius 3 is 2.39 bits per heavy atom. The van der Waals surface area contributed by atoms with E-state index in [1.165, 1.54) is 15.3 Å². The van der Waals surface area contributed by atoms with Crippen LogP contribution < -0.4 is 4.90 Å². The fraction of sp³-hybridized carbons (Fsp3) is 0.381. The van der Waals surface area contributed by atoms with E-state index in [2.05, 4.69) is 11.7 Å². The van der Waals surface area contributed by atoms with Gasteiger partial charge in [-0.15, -0.1) is 0 Å². The van der Waals surface area contributed by atoms with Gasteiger partial charge in [-0.2, -0.15) is 4.31 Å². The van der Waals surface area contributed by atoms with Crippen molar-refractivity contribution in [2.45, 2.75) is 25.2 Å². The van der Waals surface area contributed by atoms with E-state index < -0.39 is 10.0 Å². The van der Waals surface area contributed by atoms with Crippen LogP contribution in [0.25, 0.3) is 0 Å². The van der Waals surface area contributed by atoms with Crippen LogP contribution in [0.4, 0.5) is 5.69 Å². The summed E-state index contributed by atoms with van der Waals surface area (Å²) in [4.78, 5) is 27.9. The molecule has 0 saturated carbocycles. The number of rotatable bonds is 5. The monoisotopic (exact) mass is 446 g/mol. The number of likely N-dealkylation sites (N-methyl/N-ethyl adjacent to an activating group) is 1. The molecule has 1 aliphatic heterocycles. The maximum atomic E-state index is 13.1. The molecule has 31 heavy (non-hydrogen) atoms. The Balaban J connectivity index is 1.71. The Bertz CT molecular complexity index is 1070. The molecule has 1 aromatic heterocycles. The second-order valence-electron chi connectivity index (χ2n) is 7.35. The minimum Gasteiger partial charge on any atom is -0.360 e. The average Bonchev–Trinajstić information content (AvgIpc) is 2.96. The molecule has 166 valence electrons. The number of carbonyl (C=O) groups excluding carboxylic acids is 2. The van der Waals surface area contributed by atoms with Crippen LogP contribution in [0.3, 0.4) is 0 Å². The van der Waals surface area contributed by atoms with E-state index in [1.54, 1.807) is 50.1 Å². The molecule has 2 aromatic rings. The number of anilines is 1. The predicted octanol–water partition coefficient (Wildman–Crippen LogP) is 1.98. The number of hydrogen-bond acceptors (Lipinski definition) is 6. The molecule has 1 saturated heterocycles. The van der Waals surface area contributed by atoms with E-state index in [9.17, 15) is 18.0 Å². The molecule has 2 amide bonds. The van der Waals surface area contributed by atoms with Gasteiger partial charge in [-0.3, -0.25) is 9.59 Å². The number of sulfonamides is 1. The quantitative estimate of drug-likeness (QED) is 0.651. The van der Waals surface area contributed by atoms with Crippen molar-refractivity contribution < 1.29 is 22.5 Å². The topological polar surface area (TPSA) is 104 Å². The summed E-state index contributed by atoms with van der Waals surface area (Å²) < 4.78 is 32.5. The number of hydrogen-bond donors (Lipinski definition) is 0. The van der Waals surface area contributed by atoms with Crippen LogP contribution in [0.5, 0.6) is 0 Å². The highest BCUT2D eigenvalue weighted by Gasteiger charge is 2.33. The summed E-state index contributed by atoms with van der Waals surface area (Å²) in [5, 5.41) is 3.74. The highest BCUT2D eigenvalue weighted by molar-refractivity contribution is 7.89. The van der Waals surface area contributed by atoms with Crippen LogP contribution in [-0.2, 0) is 14.8 Å². The van der Waals surface area contributed by atoms with Crippen molar-refractivity contribution in [3.63, 3.8) is 0 Å². The van der Waals surface area contributed by atoms with Crippen molar-refractivity contribution >= 4 is 27.5 Å². The lowest BCUT2D eigenvalue weighted by Gasteiger charge is -2.22. The van der Waals surface area contributed by atoms with Crippen molar-refractivity contribution in [3.05, 3.63) is 53.9 Å². The standard InChI is InChI=1S/C21H26N4O5S/c1-5-19(26)23(4)18-9-7-17(8-10-18)21(27)24-11-6-12-25(14-13-24)31(28,29)20-15(2)22-30-16(20)3/h5,7-10H,1,6,11-14H2,2-4H3. The molecule has 1 aromatic carbocycles. The first-order valence-electron chi connectivity index (χ1n) is 9.89. The summed E-state index contributed by atoms with van der Waals surface area (Å²) in [6.07, 6.45) is 1.74. The van der Waals surface area contributed by atoms with E-state index in [-0.39, 0.29) is 35.6 Å². The summed E-state index contributed by atoms with van der Waals surface area (Å²) >= 11 is 0. The highest BCUT2D eigenvalue weighted by atomic mass is 32.2. The molecule has 0 aliphatic carbocycles. The molecule has 10 heteroatoms. The Hall–Kier alpha value is -2.98. The fourth-order valence-electron chi connectivity index (χ4n) is 3.58. The number of carbonyl (C=O) groups is 2. The Kier molecular flexibility index (Phi) is 6.61. The van der Waals surface area contributed by atoms with Gasteiger partial charge in [-0.25, -0.2) is 8.42 Å². The second-order valence-corrected chi connectivity index (χ2v) is 9.23. The molecule has 0 spiro atoms. The SMILES string of the molecule is C=CC(=O)N(C)c1ccc(C(=O)N2CCCN(S(=O)(=O)c3c(C)noc3C)CC2)cc1. The summed E-state index contributed by atoms with van der Waals surface area (Å²) in [6, 6.07) is 6.71. The molecule has 3 rings (SSSR count). The molecular formula is C21H26N4O5S. The van der Waals surface area contributed by atoms with Gasteiger partial charge in [0.2, 0.25) is 15.9 Å². The molecule has 0 unspecified atom stereocenters. The van der Waals surface area contributed by atoms with Crippen LogP contribution in [0.15, 0.2) is 46.3 Å². The van der Waals surface area contributed by atoms with Gasteiger partial charge >= 0.3 is 0 Å². The van der Waals surface area contributed by atoms with Gasteiger partial charge in [-0.05, 0) is 50.6 Å². The minimum atomic E-state index is -3.75. The number of nitrogens with zero attached hydrogens (tertiary/aromatic N) is 4. The van der Waals surface area contributed by atoms with E-state index in [1.807, 2.05) is 0 Å². The smallest absolute Gasteiger partial charge is 0.253 e. The average molecular weight is 447 g/mol. The zero-order valence-electron chi connectivity index (χ0n) is 17.9. The second kappa shape index (κ2) is 9.03. The highest BCUT2D eigenvalue weighted by Crippen LogP contribution is 2.24. The molecule has 0 N–H and O–H groups in total. The van der Waals surface area contributed by atoms with Crippen molar-refractivity contribution in [2.24, 2.45) is 0 Å². The van der Waals surface area contributed by atoms with Gasteiger partial charge in [0.05, 0.1) is 0 Å². The summed E-state index contributed by atoms with van der Waals surface area (Å²) in [5.41, 5.74) is 1.45. The molecule has 1 fully saturated rings. The Labute approximate surface area is 182 Å². The normalized spacial score (nSPS) is 15.4. The van der Waals surface area contributed by atoms with Gasteiger partial charge in [0.25, 0.3) is 5.91 Å². The number of amides is 2. The number of aromatic nitrogens is 1. The molecule has 1 aliphatic rings. The zero-order valence-corrected chi connectivity index (χ0v) is 18.7. The maximum absolute atomic E-state index is 13.1. The molecule has 0 radical (unpaired) electrons. The van der Waals surface area contributed by atoms with E-state index in [0.29, 0.717) is 36.5 Å². The molecular weight excluding hydrogens is 420 g/mol. The first kappa shape index (κ1) is 22.7. The number of aryl methyl sites for hydroxylation is 2. The molecule has 0 atom stereocenters. The lowest BCUT2D eigenvalue weighted by Crippen LogP contribution is -2.37. The third-order valence-electron chi connectivity index (χ3n) is 5.31. The summed E-state index contributed by atoms with van der Waals surface area (Å²) in [7, 11) is -2.12. The van der Waals surface area contributed by atoms with Crippen molar-refractivity contribution in [2.75, 3.05) is 38.1 Å². The first-order chi connectivity index (χ1) is 14.7.